The number of phenols is 1. The van der Waals surface area contributed by atoms with Crippen LogP contribution in [0.2, 0.25) is 10.0 Å². The highest BCUT2D eigenvalue weighted by atomic mass is 35.5. The van der Waals surface area contributed by atoms with Gasteiger partial charge < -0.3 is 15.7 Å². The molecule has 0 saturated carbocycles. The van der Waals surface area contributed by atoms with Gasteiger partial charge in [0.15, 0.2) is 5.75 Å². The highest BCUT2D eigenvalue weighted by molar-refractivity contribution is 6.37. The summed E-state index contributed by atoms with van der Waals surface area (Å²) in [5, 5.41) is 16.0. The summed E-state index contributed by atoms with van der Waals surface area (Å²) in [6.45, 7) is 0. The maximum Gasteiger partial charge on any atom is 0.224 e. The van der Waals surface area contributed by atoms with E-state index in [4.69, 9.17) is 23.2 Å². The van der Waals surface area contributed by atoms with Gasteiger partial charge in [0.2, 0.25) is 5.95 Å². The number of benzene rings is 1. The lowest BCUT2D eigenvalue weighted by Crippen LogP contribution is -2.02. The van der Waals surface area contributed by atoms with Crippen LogP contribution in [0.4, 0.5) is 17.5 Å². The summed E-state index contributed by atoms with van der Waals surface area (Å²) in [7, 11) is 1.74. The first kappa shape index (κ1) is 16.3. The van der Waals surface area contributed by atoms with Crippen LogP contribution in [0.5, 0.6) is 5.75 Å². The lowest BCUT2D eigenvalue weighted by molar-refractivity contribution is 0.476. The molecule has 24 heavy (non-hydrogen) atoms. The van der Waals surface area contributed by atoms with Crippen molar-refractivity contribution in [3.63, 3.8) is 0 Å². The number of aromatic nitrogens is 3. The third kappa shape index (κ3) is 3.50. The van der Waals surface area contributed by atoms with Gasteiger partial charge in [-0.25, -0.2) is 4.98 Å². The Kier molecular flexibility index (Phi) is 4.69. The summed E-state index contributed by atoms with van der Waals surface area (Å²) in [5.74, 6) is 0.863. The Morgan fingerprint density at radius 1 is 1.00 bits per heavy atom. The first-order valence-corrected chi connectivity index (χ1v) is 7.74. The van der Waals surface area contributed by atoms with E-state index in [9.17, 15) is 5.11 Å². The molecule has 0 bridgehead atoms. The highest BCUT2D eigenvalue weighted by Gasteiger charge is 2.10. The smallest absolute Gasteiger partial charge is 0.224 e. The average molecular weight is 362 g/mol. The zero-order valence-electron chi connectivity index (χ0n) is 12.6. The zero-order chi connectivity index (χ0) is 17.1. The summed E-state index contributed by atoms with van der Waals surface area (Å²) < 4.78 is 0. The fourth-order valence-electron chi connectivity index (χ4n) is 2.08. The molecule has 0 aliphatic rings. The third-order valence-corrected chi connectivity index (χ3v) is 3.79. The van der Waals surface area contributed by atoms with E-state index >= 15 is 0 Å². The number of anilines is 3. The van der Waals surface area contributed by atoms with Gasteiger partial charge in [-0.15, -0.1) is 0 Å². The number of rotatable bonds is 4. The van der Waals surface area contributed by atoms with Gasteiger partial charge in [-0.05, 0) is 24.3 Å². The number of pyridine rings is 1. The molecule has 3 aromatic rings. The van der Waals surface area contributed by atoms with Crippen LogP contribution in [-0.2, 0) is 0 Å². The molecule has 1 aromatic carbocycles. The van der Waals surface area contributed by atoms with Crippen molar-refractivity contribution in [1.29, 1.82) is 0 Å². The van der Waals surface area contributed by atoms with Crippen molar-refractivity contribution in [2.75, 3.05) is 17.7 Å². The quantitative estimate of drug-likeness (QED) is 0.599. The van der Waals surface area contributed by atoms with Crippen LogP contribution in [0.15, 0.2) is 42.7 Å². The molecule has 0 aliphatic carbocycles. The number of hydrogen-bond acceptors (Lipinski definition) is 6. The Morgan fingerprint density at radius 3 is 2.29 bits per heavy atom. The molecule has 0 amide bonds. The normalized spacial score (nSPS) is 10.5. The molecular weight excluding hydrogens is 349 g/mol. The summed E-state index contributed by atoms with van der Waals surface area (Å²) in [6, 6.07) is 8.65. The number of nitrogens with one attached hydrogen (secondary N) is 2. The van der Waals surface area contributed by atoms with Crippen molar-refractivity contribution in [3.8, 4) is 17.0 Å². The van der Waals surface area contributed by atoms with E-state index in [1.165, 1.54) is 0 Å². The summed E-state index contributed by atoms with van der Waals surface area (Å²) in [5.41, 5.74) is 2.24. The molecular formula is C16H13Cl2N5O. The molecule has 0 fully saturated rings. The second kappa shape index (κ2) is 6.90. The Balaban J connectivity index is 1.99. The van der Waals surface area contributed by atoms with Crippen molar-refractivity contribution in [2.24, 2.45) is 0 Å². The van der Waals surface area contributed by atoms with E-state index in [0.29, 0.717) is 17.5 Å². The van der Waals surface area contributed by atoms with Crippen molar-refractivity contribution in [1.82, 2.24) is 15.0 Å². The van der Waals surface area contributed by atoms with E-state index in [1.807, 2.05) is 12.1 Å². The van der Waals surface area contributed by atoms with Gasteiger partial charge in [0, 0.05) is 36.8 Å². The van der Waals surface area contributed by atoms with Gasteiger partial charge in [0.05, 0.1) is 15.7 Å². The maximum absolute atomic E-state index is 9.64. The van der Waals surface area contributed by atoms with E-state index < -0.39 is 0 Å². The van der Waals surface area contributed by atoms with Crippen molar-refractivity contribution in [2.45, 2.75) is 0 Å². The summed E-state index contributed by atoms with van der Waals surface area (Å²) in [6.07, 6.45) is 3.40. The molecule has 0 unspecified atom stereocenters. The molecule has 3 N–H and O–H groups in total. The van der Waals surface area contributed by atoms with E-state index in [2.05, 4.69) is 25.6 Å². The fraction of sp³-hybridized carbons (Fsp3) is 0.0625. The van der Waals surface area contributed by atoms with Crippen LogP contribution < -0.4 is 10.6 Å². The first-order chi connectivity index (χ1) is 11.6. The second-order valence-electron chi connectivity index (χ2n) is 4.86. The lowest BCUT2D eigenvalue weighted by Gasteiger charge is -2.11. The van der Waals surface area contributed by atoms with Gasteiger partial charge in [-0.3, -0.25) is 4.98 Å². The van der Waals surface area contributed by atoms with Crippen LogP contribution in [-0.4, -0.2) is 27.1 Å². The minimum absolute atomic E-state index is 0.153. The fourth-order valence-corrected chi connectivity index (χ4v) is 2.57. The summed E-state index contributed by atoms with van der Waals surface area (Å²) in [4.78, 5) is 12.8. The molecule has 0 aliphatic heterocycles. The van der Waals surface area contributed by atoms with E-state index in [1.54, 1.807) is 37.6 Å². The molecule has 122 valence electrons. The Labute approximate surface area is 148 Å². The standard InChI is InChI=1S/C16H13Cl2N5O/c1-19-16-22-13(9-2-4-20-5-3-9)8-14(23-16)21-10-6-11(17)15(24)12(18)7-10/h2-8,24H,1H3,(H2,19,21,22,23). The first-order valence-electron chi connectivity index (χ1n) is 6.99. The van der Waals surface area contributed by atoms with Gasteiger partial charge in [0.25, 0.3) is 0 Å². The van der Waals surface area contributed by atoms with Gasteiger partial charge in [-0.1, -0.05) is 23.2 Å². The van der Waals surface area contributed by atoms with Crippen LogP contribution >= 0.6 is 23.2 Å². The monoisotopic (exact) mass is 361 g/mol. The molecule has 3 rings (SSSR count). The minimum atomic E-state index is -0.153. The van der Waals surface area contributed by atoms with Gasteiger partial charge in [0.1, 0.15) is 5.82 Å². The predicted octanol–water partition coefficient (Wildman–Crippen LogP) is 4.34. The molecule has 0 radical (unpaired) electrons. The van der Waals surface area contributed by atoms with E-state index in [0.717, 1.165) is 11.3 Å². The predicted molar refractivity (Wildman–Crippen MR) is 96.2 cm³/mol. The lowest BCUT2D eigenvalue weighted by atomic mass is 10.2. The van der Waals surface area contributed by atoms with Crippen LogP contribution in [0.25, 0.3) is 11.3 Å². The molecule has 2 aromatic heterocycles. The number of aromatic hydroxyl groups is 1. The van der Waals surface area contributed by atoms with Crippen molar-refractivity contribution < 1.29 is 5.11 Å². The Morgan fingerprint density at radius 2 is 1.67 bits per heavy atom. The summed E-state index contributed by atoms with van der Waals surface area (Å²) >= 11 is 11.9. The molecule has 2 heterocycles. The topological polar surface area (TPSA) is 83.0 Å². The van der Waals surface area contributed by atoms with Crippen LogP contribution in [0.3, 0.4) is 0 Å². The molecule has 0 spiro atoms. The largest absolute Gasteiger partial charge is 0.505 e. The number of nitrogens with zero attached hydrogens (tertiary/aromatic N) is 3. The Hall–Kier alpha value is -2.57. The van der Waals surface area contributed by atoms with Crippen molar-refractivity contribution in [3.05, 3.63) is 52.8 Å². The molecule has 8 heteroatoms. The third-order valence-electron chi connectivity index (χ3n) is 3.22. The molecule has 6 nitrogen and oxygen atoms in total. The molecule has 0 saturated heterocycles. The van der Waals surface area contributed by atoms with Crippen LogP contribution in [0, 0.1) is 0 Å². The minimum Gasteiger partial charge on any atom is -0.505 e. The number of halogens is 2. The zero-order valence-corrected chi connectivity index (χ0v) is 14.1. The Bertz CT molecular complexity index is 851. The second-order valence-corrected chi connectivity index (χ2v) is 5.68. The highest BCUT2D eigenvalue weighted by Crippen LogP contribution is 2.35. The number of hydrogen-bond donors (Lipinski definition) is 3. The van der Waals surface area contributed by atoms with Crippen molar-refractivity contribution >= 4 is 40.7 Å². The van der Waals surface area contributed by atoms with Gasteiger partial charge >= 0.3 is 0 Å². The number of phenolic OH excluding ortho intramolecular Hbond substituents is 1. The van der Waals surface area contributed by atoms with Crippen LogP contribution in [0.1, 0.15) is 0 Å². The maximum atomic E-state index is 9.64. The SMILES string of the molecule is CNc1nc(Nc2cc(Cl)c(O)c(Cl)c2)cc(-c2ccncc2)n1. The molecule has 0 atom stereocenters. The van der Waals surface area contributed by atoms with Gasteiger partial charge in [-0.2, -0.15) is 4.98 Å². The van der Waals surface area contributed by atoms with E-state index in [-0.39, 0.29) is 15.8 Å². The average Bonchev–Trinajstić information content (AvgIpc) is 2.60.